The van der Waals surface area contributed by atoms with E-state index < -0.39 is 5.97 Å². The van der Waals surface area contributed by atoms with Crippen LogP contribution >= 0.6 is 15.9 Å². The van der Waals surface area contributed by atoms with Crippen molar-refractivity contribution in [2.75, 3.05) is 24.4 Å². The van der Waals surface area contributed by atoms with Gasteiger partial charge in [0.2, 0.25) is 0 Å². The van der Waals surface area contributed by atoms with Crippen molar-refractivity contribution in [2.24, 2.45) is 0 Å². The second-order valence-corrected chi connectivity index (χ2v) is 4.42. The van der Waals surface area contributed by atoms with Gasteiger partial charge in [-0.1, -0.05) is 34.1 Å². The first-order valence-corrected chi connectivity index (χ1v) is 6.48. The maximum atomic E-state index is 12.2. The highest BCUT2D eigenvalue weighted by atomic mass is 79.9. The lowest BCUT2D eigenvalue weighted by Gasteiger charge is -2.08. The summed E-state index contributed by atoms with van der Waals surface area (Å²) in [5.74, 6) is -0.670. The summed E-state index contributed by atoms with van der Waals surface area (Å²) in [6.45, 7) is 0. The van der Waals surface area contributed by atoms with Gasteiger partial charge in [0.25, 0.3) is 5.91 Å². The van der Waals surface area contributed by atoms with Gasteiger partial charge in [0.05, 0.1) is 23.9 Å². The summed E-state index contributed by atoms with van der Waals surface area (Å²) in [4.78, 5) is 25.5. The fourth-order valence-corrected chi connectivity index (χ4v) is 2.52. The number of rotatable bonds is 2. The van der Waals surface area contributed by atoms with Crippen molar-refractivity contribution in [3.8, 4) is 0 Å². The molecule has 0 unspecified atom stereocenters. The third-order valence-electron chi connectivity index (χ3n) is 2.92. The maximum Gasteiger partial charge on any atom is 0.335 e. The zero-order valence-electron chi connectivity index (χ0n) is 10.1. The molecular weight excluding hydrogens is 298 g/mol. The number of halogens is 1. The highest BCUT2D eigenvalue weighted by Gasteiger charge is 2.33. The van der Waals surface area contributed by atoms with Crippen LogP contribution in [-0.4, -0.2) is 31.4 Å². The first-order chi connectivity index (χ1) is 8.61. The van der Waals surface area contributed by atoms with Gasteiger partial charge in [0, 0.05) is 17.9 Å². The minimum atomic E-state index is -0.486. The van der Waals surface area contributed by atoms with E-state index in [1.54, 1.807) is 7.05 Å². The summed E-state index contributed by atoms with van der Waals surface area (Å²) < 4.78 is 4.72. The molecule has 0 spiro atoms. The zero-order chi connectivity index (χ0) is 13.3. The number of anilines is 1. The lowest BCUT2D eigenvalue weighted by Crippen LogP contribution is -2.22. The van der Waals surface area contributed by atoms with Crippen LogP contribution in [0.4, 0.5) is 5.69 Å². The Labute approximate surface area is 113 Å². The van der Waals surface area contributed by atoms with Crippen molar-refractivity contribution in [1.82, 2.24) is 0 Å². The summed E-state index contributed by atoms with van der Waals surface area (Å²) >= 11 is 3.24. The van der Waals surface area contributed by atoms with Crippen LogP contribution in [0.25, 0.3) is 5.57 Å². The van der Waals surface area contributed by atoms with Crippen molar-refractivity contribution >= 4 is 39.1 Å². The molecule has 0 radical (unpaired) electrons. The minimum Gasteiger partial charge on any atom is -0.466 e. The Bertz CT molecular complexity index is 551. The number of methoxy groups -OCH3 is 1. The van der Waals surface area contributed by atoms with Crippen molar-refractivity contribution < 1.29 is 14.3 Å². The van der Waals surface area contributed by atoms with E-state index in [2.05, 4.69) is 15.9 Å². The van der Waals surface area contributed by atoms with Gasteiger partial charge in [0.1, 0.15) is 0 Å². The standard InChI is InChI=1S/C13H12BrNO3/c1-15-10-6-4-3-5-8(10)11(12(15)16)9(7-14)13(17)18-2/h3-6H,7H2,1-2H3/b11-9-. The third-order valence-corrected chi connectivity index (χ3v) is 3.48. The predicted octanol–water partition coefficient (Wildman–Crippen LogP) is 1.98. The highest BCUT2D eigenvalue weighted by Crippen LogP contribution is 2.37. The zero-order valence-corrected chi connectivity index (χ0v) is 11.7. The smallest absolute Gasteiger partial charge is 0.335 e. The Morgan fingerprint density at radius 3 is 2.67 bits per heavy atom. The normalized spacial score (nSPS) is 16.6. The Balaban J connectivity index is 2.68. The maximum absolute atomic E-state index is 12.2. The van der Waals surface area contributed by atoms with E-state index >= 15 is 0 Å². The van der Waals surface area contributed by atoms with E-state index in [4.69, 9.17) is 4.74 Å². The molecule has 1 amide bonds. The van der Waals surface area contributed by atoms with Crippen LogP contribution in [0.1, 0.15) is 5.56 Å². The average Bonchev–Trinajstić information content (AvgIpc) is 2.65. The van der Waals surface area contributed by atoms with Crippen LogP contribution in [0.5, 0.6) is 0 Å². The summed E-state index contributed by atoms with van der Waals surface area (Å²) in [5, 5.41) is 0.281. The number of carbonyl (C=O) groups excluding carboxylic acids is 2. The molecular formula is C13H12BrNO3. The van der Waals surface area contributed by atoms with Gasteiger partial charge in [-0.3, -0.25) is 4.79 Å². The molecule has 0 saturated heterocycles. The monoisotopic (exact) mass is 309 g/mol. The van der Waals surface area contributed by atoms with Crippen molar-refractivity contribution in [3.05, 3.63) is 35.4 Å². The van der Waals surface area contributed by atoms with E-state index in [-0.39, 0.29) is 11.2 Å². The largest absolute Gasteiger partial charge is 0.466 e. The van der Waals surface area contributed by atoms with Crippen LogP contribution in [-0.2, 0) is 14.3 Å². The molecule has 4 nitrogen and oxygen atoms in total. The van der Waals surface area contributed by atoms with E-state index in [9.17, 15) is 9.59 Å². The van der Waals surface area contributed by atoms with Gasteiger partial charge < -0.3 is 9.64 Å². The molecule has 0 aromatic heterocycles. The molecule has 1 aliphatic rings. The van der Waals surface area contributed by atoms with Gasteiger partial charge in [-0.25, -0.2) is 4.79 Å². The molecule has 0 saturated carbocycles. The first-order valence-electron chi connectivity index (χ1n) is 5.36. The molecule has 94 valence electrons. The van der Waals surface area contributed by atoms with Gasteiger partial charge in [0.15, 0.2) is 0 Å². The molecule has 1 heterocycles. The van der Waals surface area contributed by atoms with E-state index in [1.165, 1.54) is 12.0 Å². The molecule has 2 rings (SSSR count). The van der Waals surface area contributed by atoms with Crippen LogP contribution in [0, 0.1) is 0 Å². The molecule has 0 bridgehead atoms. The van der Waals surface area contributed by atoms with Gasteiger partial charge in [-0.15, -0.1) is 0 Å². The SMILES string of the molecule is COC(=O)/C(CBr)=C1\C(=O)N(C)c2ccccc21. The Morgan fingerprint density at radius 1 is 1.39 bits per heavy atom. The lowest BCUT2D eigenvalue weighted by molar-refractivity contribution is -0.136. The summed E-state index contributed by atoms with van der Waals surface area (Å²) in [6, 6.07) is 7.38. The summed E-state index contributed by atoms with van der Waals surface area (Å²) in [5.41, 5.74) is 2.33. The quantitative estimate of drug-likeness (QED) is 0.477. The topological polar surface area (TPSA) is 46.6 Å². The minimum absolute atomic E-state index is 0.184. The number of ether oxygens (including phenoxy) is 1. The first kappa shape index (κ1) is 12.8. The molecule has 1 aliphatic heterocycles. The van der Waals surface area contributed by atoms with Gasteiger partial charge in [-0.2, -0.15) is 0 Å². The fraction of sp³-hybridized carbons (Fsp3) is 0.231. The second kappa shape index (κ2) is 4.94. The van der Waals surface area contributed by atoms with Crippen LogP contribution in [0.15, 0.2) is 29.8 Å². The van der Waals surface area contributed by atoms with E-state index in [0.29, 0.717) is 11.1 Å². The molecule has 0 fully saturated rings. The fourth-order valence-electron chi connectivity index (χ4n) is 2.01. The Morgan fingerprint density at radius 2 is 2.06 bits per heavy atom. The van der Waals surface area contributed by atoms with Crippen molar-refractivity contribution in [2.45, 2.75) is 0 Å². The molecule has 18 heavy (non-hydrogen) atoms. The number of likely N-dealkylation sites (N-methyl/N-ethyl adjacent to an activating group) is 1. The summed E-state index contributed by atoms with van der Waals surface area (Å²) in [6.07, 6.45) is 0. The van der Waals surface area contributed by atoms with Gasteiger partial charge in [-0.05, 0) is 6.07 Å². The third kappa shape index (κ3) is 1.84. The summed E-state index contributed by atoms with van der Waals surface area (Å²) in [7, 11) is 3.00. The van der Waals surface area contributed by atoms with Crippen LogP contribution < -0.4 is 4.90 Å². The molecule has 1 aromatic carbocycles. The highest BCUT2D eigenvalue weighted by molar-refractivity contribution is 9.09. The molecule has 0 aliphatic carbocycles. The average molecular weight is 310 g/mol. The number of hydrogen-bond donors (Lipinski definition) is 0. The lowest BCUT2D eigenvalue weighted by atomic mass is 10.0. The number of benzene rings is 1. The number of esters is 1. The Kier molecular flexibility index (Phi) is 3.52. The number of para-hydroxylation sites is 1. The van der Waals surface area contributed by atoms with Crippen molar-refractivity contribution in [1.29, 1.82) is 0 Å². The Hall–Kier alpha value is -1.62. The van der Waals surface area contributed by atoms with Gasteiger partial charge >= 0.3 is 5.97 Å². The number of nitrogens with zero attached hydrogens (tertiary/aromatic N) is 1. The van der Waals surface area contributed by atoms with Crippen LogP contribution in [0.2, 0.25) is 0 Å². The van der Waals surface area contributed by atoms with E-state index in [1.807, 2.05) is 24.3 Å². The predicted molar refractivity (Wildman–Crippen MR) is 72.6 cm³/mol. The number of carbonyl (C=O) groups is 2. The number of alkyl halides is 1. The molecule has 0 atom stereocenters. The molecule has 0 N–H and O–H groups in total. The van der Waals surface area contributed by atoms with E-state index in [0.717, 1.165) is 11.3 Å². The second-order valence-electron chi connectivity index (χ2n) is 3.86. The molecule has 1 aromatic rings. The van der Waals surface area contributed by atoms with Crippen molar-refractivity contribution in [3.63, 3.8) is 0 Å². The number of amides is 1. The number of fused-ring (bicyclic) bond motifs is 1. The molecule has 5 heteroatoms. The number of hydrogen-bond acceptors (Lipinski definition) is 3. The van der Waals surface area contributed by atoms with Crippen LogP contribution in [0.3, 0.4) is 0 Å².